The second-order valence-electron chi connectivity index (χ2n) is 6.02. The summed E-state index contributed by atoms with van der Waals surface area (Å²) in [5.74, 6) is 0.224. The van der Waals surface area contributed by atoms with Gasteiger partial charge >= 0.3 is 0 Å². The van der Waals surface area contributed by atoms with Gasteiger partial charge in [0.05, 0.1) is 0 Å². The molecule has 0 aliphatic carbocycles. The van der Waals surface area contributed by atoms with E-state index in [9.17, 15) is 10.0 Å². The van der Waals surface area contributed by atoms with Crippen molar-refractivity contribution in [2.24, 2.45) is 5.92 Å². The molecule has 2 rings (SSSR count). The van der Waals surface area contributed by atoms with Gasteiger partial charge in [0.2, 0.25) is 5.91 Å². The lowest BCUT2D eigenvalue weighted by atomic mass is 9.95. The first-order valence-corrected chi connectivity index (χ1v) is 7.61. The molecule has 0 aliphatic heterocycles. The van der Waals surface area contributed by atoms with Gasteiger partial charge in [-0.15, -0.1) is 0 Å². The van der Waals surface area contributed by atoms with Gasteiger partial charge in [-0.05, 0) is 29.0 Å². The van der Waals surface area contributed by atoms with Crippen LogP contribution >= 0.6 is 0 Å². The lowest BCUT2D eigenvalue weighted by Gasteiger charge is -2.26. The summed E-state index contributed by atoms with van der Waals surface area (Å²) < 4.78 is 0. The third kappa shape index (κ3) is 3.95. The summed E-state index contributed by atoms with van der Waals surface area (Å²) >= 11 is 0. The zero-order valence-corrected chi connectivity index (χ0v) is 13.4. The van der Waals surface area contributed by atoms with Gasteiger partial charge in [0.15, 0.2) is 0 Å². The smallest absolute Gasteiger partial charge is 0.243 e. The second-order valence-corrected chi connectivity index (χ2v) is 6.02. The maximum Gasteiger partial charge on any atom is 0.243 e. The van der Waals surface area contributed by atoms with Gasteiger partial charge < -0.3 is 0 Å². The Hall–Kier alpha value is -2.13. The molecule has 0 heterocycles. The van der Waals surface area contributed by atoms with E-state index in [-0.39, 0.29) is 5.91 Å². The normalized spacial score (nSPS) is 12.2. The molecule has 1 N–H and O–H groups in total. The highest BCUT2D eigenvalue weighted by Gasteiger charge is 2.23. The molecule has 1 atom stereocenters. The maximum atomic E-state index is 11.6. The van der Waals surface area contributed by atoms with Crippen molar-refractivity contribution in [1.82, 2.24) is 5.06 Å². The summed E-state index contributed by atoms with van der Waals surface area (Å²) in [5, 5.41) is 11.0. The zero-order valence-electron chi connectivity index (χ0n) is 13.4. The van der Waals surface area contributed by atoms with E-state index in [2.05, 4.69) is 26.0 Å². The van der Waals surface area contributed by atoms with Gasteiger partial charge in [0.25, 0.3) is 0 Å². The number of amides is 1. The van der Waals surface area contributed by atoms with Crippen LogP contribution in [0.25, 0.3) is 0 Å². The van der Waals surface area contributed by atoms with Crippen molar-refractivity contribution < 1.29 is 10.0 Å². The quantitative estimate of drug-likeness (QED) is 0.663. The van der Waals surface area contributed by atoms with Crippen LogP contribution in [0.1, 0.15) is 43.5 Å². The predicted octanol–water partition coefficient (Wildman–Crippen LogP) is 4.21. The molecule has 116 valence electrons. The van der Waals surface area contributed by atoms with E-state index in [0.717, 1.165) is 22.6 Å². The summed E-state index contributed by atoms with van der Waals surface area (Å²) in [6.45, 7) is 5.74. The van der Waals surface area contributed by atoms with Crippen LogP contribution in [0.3, 0.4) is 0 Å². The fourth-order valence-electron chi connectivity index (χ4n) is 2.60. The molecule has 22 heavy (non-hydrogen) atoms. The van der Waals surface area contributed by atoms with Crippen molar-refractivity contribution in [3.8, 4) is 0 Å². The number of carbonyl (C=O) groups excluding carboxylic acids is 1. The third-order valence-corrected chi connectivity index (χ3v) is 3.62. The molecule has 0 bridgehead atoms. The Labute approximate surface area is 132 Å². The van der Waals surface area contributed by atoms with Crippen LogP contribution in [-0.4, -0.2) is 16.2 Å². The second kappa shape index (κ2) is 7.23. The summed E-state index contributed by atoms with van der Waals surface area (Å²) in [5.41, 5.74) is 3.05. The van der Waals surface area contributed by atoms with E-state index in [1.807, 2.05) is 42.5 Å². The average Bonchev–Trinajstić information content (AvgIpc) is 2.49. The highest BCUT2D eigenvalue weighted by Crippen LogP contribution is 2.28. The van der Waals surface area contributed by atoms with Gasteiger partial charge in [0, 0.05) is 6.92 Å². The molecule has 2 aromatic carbocycles. The van der Waals surface area contributed by atoms with E-state index in [1.54, 1.807) is 0 Å². The summed E-state index contributed by atoms with van der Waals surface area (Å²) in [7, 11) is 0. The molecule has 0 aromatic heterocycles. The molecule has 0 fully saturated rings. The van der Waals surface area contributed by atoms with Gasteiger partial charge in [0.1, 0.15) is 6.04 Å². The Morgan fingerprint density at radius 2 is 1.55 bits per heavy atom. The monoisotopic (exact) mass is 297 g/mol. The minimum atomic E-state index is -0.480. The molecule has 3 nitrogen and oxygen atoms in total. The van der Waals surface area contributed by atoms with Crippen LogP contribution in [0.2, 0.25) is 0 Å². The number of hydrogen-bond acceptors (Lipinski definition) is 2. The van der Waals surface area contributed by atoms with E-state index in [0.29, 0.717) is 5.92 Å². The Bertz CT molecular complexity index is 605. The highest BCUT2D eigenvalue weighted by molar-refractivity contribution is 5.73. The Kier molecular flexibility index (Phi) is 5.34. The molecule has 1 amide bonds. The average molecular weight is 297 g/mol. The third-order valence-electron chi connectivity index (χ3n) is 3.62. The first-order chi connectivity index (χ1) is 10.5. The van der Waals surface area contributed by atoms with Crippen LogP contribution in [0, 0.1) is 5.92 Å². The van der Waals surface area contributed by atoms with Crippen molar-refractivity contribution in [2.75, 3.05) is 0 Å². The predicted molar refractivity (Wildman–Crippen MR) is 87.6 cm³/mol. The van der Waals surface area contributed by atoms with Crippen LogP contribution in [0.5, 0.6) is 0 Å². The molecule has 0 radical (unpaired) electrons. The maximum absolute atomic E-state index is 11.6. The lowest BCUT2D eigenvalue weighted by molar-refractivity contribution is -0.170. The molecule has 1 unspecified atom stereocenters. The van der Waals surface area contributed by atoms with Gasteiger partial charge in [-0.1, -0.05) is 68.4 Å². The Morgan fingerprint density at radius 1 is 1.00 bits per heavy atom. The molecular weight excluding hydrogens is 274 g/mol. The van der Waals surface area contributed by atoms with E-state index in [4.69, 9.17) is 0 Å². The summed E-state index contributed by atoms with van der Waals surface area (Å²) in [6, 6.07) is 17.2. The molecule has 0 saturated heterocycles. The van der Waals surface area contributed by atoms with E-state index >= 15 is 0 Å². The topological polar surface area (TPSA) is 40.5 Å². The fraction of sp³-hybridized carbons (Fsp3) is 0.316. The number of benzene rings is 2. The summed E-state index contributed by atoms with van der Waals surface area (Å²) in [6.07, 6.45) is 1.02. The number of rotatable bonds is 5. The van der Waals surface area contributed by atoms with Crippen LogP contribution in [0.4, 0.5) is 0 Å². The van der Waals surface area contributed by atoms with Crippen molar-refractivity contribution in [1.29, 1.82) is 0 Å². The van der Waals surface area contributed by atoms with Crippen molar-refractivity contribution in [3.05, 3.63) is 71.3 Å². The van der Waals surface area contributed by atoms with Crippen LogP contribution in [-0.2, 0) is 11.2 Å². The largest absolute Gasteiger partial charge is 0.285 e. The van der Waals surface area contributed by atoms with Gasteiger partial charge in [-0.3, -0.25) is 10.0 Å². The highest BCUT2D eigenvalue weighted by atomic mass is 16.5. The first kappa shape index (κ1) is 16.2. The molecule has 0 saturated carbocycles. The van der Waals surface area contributed by atoms with Crippen molar-refractivity contribution in [3.63, 3.8) is 0 Å². The van der Waals surface area contributed by atoms with E-state index < -0.39 is 6.04 Å². The van der Waals surface area contributed by atoms with Crippen molar-refractivity contribution in [2.45, 2.75) is 33.2 Å². The van der Waals surface area contributed by atoms with Crippen LogP contribution in [0.15, 0.2) is 54.6 Å². The fourth-order valence-corrected chi connectivity index (χ4v) is 2.60. The summed E-state index contributed by atoms with van der Waals surface area (Å²) in [4.78, 5) is 11.6. The number of carbonyl (C=O) groups is 1. The number of hydroxylamine groups is 2. The van der Waals surface area contributed by atoms with Crippen molar-refractivity contribution >= 4 is 5.91 Å². The number of hydrogen-bond donors (Lipinski definition) is 1. The molecule has 0 spiro atoms. The van der Waals surface area contributed by atoms with Gasteiger partial charge in [-0.2, -0.15) is 0 Å². The zero-order chi connectivity index (χ0) is 16.1. The minimum absolute atomic E-state index is 0.375. The Morgan fingerprint density at radius 3 is 2.05 bits per heavy atom. The first-order valence-electron chi connectivity index (χ1n) is 7.61. The molecular formula is C19H23NO2. The van der Waals surface area contributed by atoms with Gasteiger partial charge in [-0.25, -0.2) is 5.06 Å². The molecule has 3 heteroatoms. The molecule has 2 aromatic rings. The van der Waals surface area contributed by atoms with E-state index in [1.165, 1.54) is 12.5 Å². The molecule has 0 aliphatic rings. The Balaban J connectivity index is 2.35. The standard InChI is InChI=1S/C19H23NO2/c1-14(2)13-16-9-11-18(12-10-16)19(20(22)15(3)21)17-7-5-4-6-8-17/h4-12,14,19,22H,13H2,1-3H3. The number of nitrogens with zero attached hydrogens (tertiary/aromatic N) is 1. The minimum Gasteiger partial charge on any atom is -0.285 e. The SMILES string of the molecule is CC(=O)N(O)C(c1ccccc1)c1ccc(CC(C)C)cc1. The lowest BCUT2D eigenvalue weighted by Crippen LogP contribution is -2.30. The van der Waals surface area contributed by atoms with Crippen LogP contribution < -0.4 is 0 Å².